The van der Waals surface area contributed by atoms with Gasteiger partial charge in [-0.3, -0.25) is 0 Å². The minimum Gasteiger partial charge on any atom is -0.344 e. The lowest BCUT2D eigenvalue weighted by Gasteiger charge is -2.33. The van der Waals surface area contributed by atoms with E-state index in [1.165, 1.54) is 28.7 Å². The number of aromatic nitrogens is 2. The van der Waals surface area contributed by atoms with Crippen molar-refractivity contribution in [2.75, 3.05) is 31.1 Å². The summed E-state index contributed by atoms with van der Waals surface area (Å²) >= 11 is 7.25. The summed E-state index contributed by atoms with van der Waals surface area (Å²) in [5.74, 6) is 1.49. The lowest BCUT2D eigenvalue weighted by Crippen LogP contribution is -2.48. The Bertz CT molecular complexity index is 825. The molecule has 0 unspecified atom stereocenters. The Balaban J connectivity index is 1.44. The Labute approximate surface area is 150 Å². The standard InChI is InChI=1S/C15H17ClN4O2S2/c16-12-3-5-13(6-4-12)24(21,22)20-9-7-19(8-10-20)15-17-14(18-23-15)11-1-2-11/h3-6,11H,1-2,7-10H2. The second kappa shape index (κ2) is 6.25. The predicted molar refractivity (Wildman–Crippen MR) is 94.3 cm³/mol. The molecule has 0 radical (unpaired) electrons. The van der Waals surface area contributed by atoms with E-state index in [2.05, 4.69) is 14.3 Å². The van der Waals surface area contributed by atoms with Crippen molar-refractivity contribution < 1.29 is 8.42 Å². The highest BCUT2D eigenvalue weighted by atomic mass is 35.5. The van der Waals surface area contributed by atoms with Crippen molar-refractivity contribution in [2.45, 2.75) is 23.7 Å². The number of rotatable bonds is 4. The van der Waals surface area contributed by atoms with Crippen LogP contribution >= 0.6 is 23.1 Å². The van der Waals surface area contributed by atoms with Crippen LogP contribution in [0, 0.1) is 0 Å². The minimum atomic E-state index is -3.47. The number of hydrogen-bond acceptors (Lipinski definition) is 6. The van der Waals surface area contributed by atoms with Crippen LogP contribution in [-0.4, -0.2) is 48.3 Å². The third-order valence-corrected chi connectivity index (χ3v) is 7.29. The van der Waals surface area contributed by atoms with E-state index >= 15 is 0 Å². The van der Waals surface area contributed by atoms with Crippen LogP contribution in [0.4, 0.5) is 5.13 Å². The first kappa shape index (κ1) is 16.3. The molecule has 1 saturated heterocycles. The Morgan fingerprint density at radius 3 is 2.38 bits per heavy atom. The SMILES string of the molecule is O=S(=O)(c1ccc(Cl)cc1)N1CCN(c2nc(C3CC3)ns2)CC1. The summed E-state index contributed by atoms with van der Waals surface area (Å²) in [6.07, 6.45) is 2.37. The summed E-state index contributed by atoms with van der Waals surface area (Å²) in [4.78, 5) is 7.01. The zero-order valence-corrected chi connectivity index (χ0v) is 15.3. The molecule has 2 aromatic rings. The zero-order chi connectivity index (χ0) is 16.7. The smallest absolute Gasteiger partial charge is 0.243 e. The molecule has 1 aromatic heterocycles. The average Bonchev–Trinajstić information content (AvgIpc) is 3.32. The number of benzene rings is 1. The zero-order valence-electron chi connectivity index (χ0n) is 12.9. The first-order valence-corrected chi connectivity index (χ1v) is 10.5. The molecule has 0 spiro atoms. The minimum absolute atomic E-state index is 0.285. The van der Waals surface area contributed by atoms with E-state index in [4.69, 9.17) is 11.6 Å². The summed E-state index contributed by atoms with van der Waals surface area (Å²) in [7, 11) is -3.47. The van der Waals surface area contributed by atoms with Crippen molar-refractivity contribution in [1.29, 1.82) is 0 Å². The highest BCUT2D eigenvalue weighted by Crippen LogP contribution is 2.39. The fraction of sp³-hybridized carbons (Fsp3) is 0.467. The molecular weight excluding hydrogens is 368 g/mol. The second-order valence-corrected chi connectivity index (χ2v) is 9.16. The first-order valence-electron chi connectivity index (χ1n) is 7.88. The van der Waals surface area contributed by atoms with Crippen molar-refractivity contribution in [1.82, 2.24) is 13.7 Å². The molecule has 128 valence electrons. The van der Waals surface area contributed by atoms with Crippen LogP contribution in [0.15, 0.2) is 29.2 Å². The number of piperazine rings is 1. The average molecular weight is 385 g/mol. The molecule has 9 heteroatoms. The maximum atomic E-state index is 12.7. The molecule has 2 aliphatic rings. The van der Waals surface area contributed by atoms with Gasteiger partial charge in [-0.2, -0.15) is 8.68 Å². The van der Waals surface area contributed by atoms with Gasteiger partial charge in [0.15, 0.2) is 0 Å². The van der Waals surface area contributed by atoms with E-state index in [1.807, 2.05) is 0 Å². The van der Waals surface area contributed by atoms with Crippen molar-refractivity contribution in [3.8, 4) is 0 Å². The Hall–Kier alpha value is -1.22. The van der Waals surface area contributed by atoms with E-state index < -0.39 is 10.0 Å². The number of hydrogen-bond donors (Lipinski definition) is 0. The molecule has 1 aliphatic heterocycles. The van der Waals surface area contributed by atoms with Gasteiger partial charge in [-0.05, 0) is 37.1 Å². The van der Waals surface area contributed by atoms with Crippen molar-refractivity contribution in [3.05, 3.63) is 35.1 Å². The van der Waals surface area contributed by atoms with Crippen molar-refractivity contribution >= 4 is 38.3 Å². The topological polar surface area (TPSA) is 66.4 Å². The summed E-state index contributed by atoms with van der Waals surface area (Å²) in [5.41, 5.74) is 0. The highest BCUT2D eigenvalue weighted by molar-refractivity contribution is 7.89. The van der Waals surface area contributed by atoms with Gasteiger partial charge < -0.3 is 4.90 Å². The number of anilines is 1. The molecule has 1 aromatic carbocycles. The quantitative estimate of drug-likeness (QED) is 0.810. The third kappa shape index (κ3) is 3.15. The summed E-state index contributed by atoms with van der Waals surface area (Å²) in [6, 6.07) is 6.31. The lowest BCUT2D eigenvalue weighted by atomic mass is 10.4. The fourth-order valence-electron chi connectivity index (χ4n) is 2.74. The van der Waals surface area contributed by atoms with Crippen LogP contribution in [0.2, 0.25) is 5.02 Å². The largest absolute Gasteiger partial charge is 0.344 e. The molecule has 4 rings (SSSR count). The normalized spacial score (nSPS) is 19.6. The van der Waals surface area contributed by atoms with Gasteiger partial charge in [0.05, 0.1) is 4.90 Å². The van der Waals surface area contributed by atoms with Crippen LogP contribution in [-0.2, 0) is 10.0 Å². The molecule has 0 N–H and O–H groups in total. The van der Waals surface area contributed by atoms with Gasteiger partial charge in [-0.1, -0.05) is 11.6 Å². The number of nitrogens with zero attached hydrogens (tertiary/aromatic N) is 4. The molecule has 1 aliphatic carbocycles. The van der Waals surface area contributed by atoms with E-state index in [9.17, 15) is 8.42 Å². The molecule has 2 fully saturated rings. The van der Waals surface area contributed by atoms with Gasteiger partial charge in [0.25, 0.3) is 0 Å². The van der Waals surface area contributed by atoms with Gasteiger partial charge >= 0.3 is 0 Å². The summed E-state index contributed by atoms with van der Waals surface area (Å²) in [6.45, 7) is 2.16. The first-order chi connectivity index (χ1) is 11.5. The van der Waals surface area contributed by atoms with Gasteiger partial charge in [0.2, 0.25) is 15.2 Å². The summed E-state index contributed by atoms with van der Waals surface area (Å²) in [5, 5.41) is 1.43. The van der Waals surface area contributed by atoms with Gasteiger partial charge in [0.1, 0.15) is 5.82 Å². The Kier molecular flexibility index (Phi) is 4.24. The molecule has 24 heavy (non-hydrogen) atoms. The highest BCUT2D eigenvalue weighted by Gasteiger charge is 2.31. The van der Waals surface area contributed by atoms with Crippen molar-refractivity contribution in [3.63, 3.8) is 0 Å². The Morgan fingerprint density at radius 2 is 1.75 bits per heavy atom. The molecule has 2 heterocycles. The maximum Gasteiger partial charge on any atom is 0.243 e. The molecule has 0 amide bonds. The molecule has 1 saturated carbocycles. The lowest BCUT2D eigenvalue weighted by molar-refractivity contribution is 0.384. The fourth-order valence-corrected chi connectivity index (χ4v) is 5.08. The third-order valence-electron chi connectivity index (χ3n) is 4.33. The van der Waals surface area contributed by atoms with E-state index in [0.29, 0.717) is 37.1 Å². The van der Waals surface area contributed by atoms with Gasteiger partial charge in [0, 0.05) is 48.7 Å². The molecule has 6 nitrogen and oxygen atoms in total. The number of halogens is 1. The van der Waals surface area contributed by atoms with Crippen LogP contribution < -0.4 is 4.90 Å². The molecule has 0 atom stereocenters. The van der Waals surface area contributed by atoms with Crippen LogP contribution in [0.25, 0.3) is 0 Å². The molecule has 0 bridgehead atoms. The van der Waals surface area contributed by atoms with Gasteiger partial charge in [-0.15, -0.1) is 0 Å². The summed E-state index contributed by atoms with van der Waals surface area (Å²) < 4.78 is 31.3. The van der Waals surface area contributed by atoms with Crippen molar-refractivity contribution in [2.24, 2.45) is 0 Å². The molecular formula is C15H17ClN4O2S2. The monoisotopic (exact) mass is 384 g/mol. The van der Waals surface area contributed by atoms with E-state index in [0.717, 1.165) is 11.0 Å². The Morgan fingerprint density at radius 1 is 1.08 bits per heavy atom. The van der Waals surface area contributed by atoms with Crippen LogP contribution in [0.1, 0.15) is 24.6 Å². The number of sulfonamides is 1. The van der Waals surface area contributed by atoms with E-state index in [1.54, 1.807) is 24.3 Å². The van der Waals surface area contributed by atoms with Crippen LogP contribution in [0.5, 0.6) is 0 Å². The second-order valence-electron chi connectivity index (χ2n) is 6.05. The predicted octanol–water partition coefficient (Wildman–Crippen LogP) is 2.58. The van der Waals surface area contributed by atoms with E-state index in [-0.39, 0.29) is 4.90 Å². The maximum absolute atomic E-state index is 12.7. The van der Waals surface area contributed by atoms with Crippen LogP contribution in [0.3, 0.4) is 0 Å². The van der Waals surface area contributed by atoms with Gasteiger partial charge in [-0.25, -0.2) is 13.4 Å².